The molecule has 2 atom stereocenters. The Morgan fingerprint density at radius 3 is 2.42 bits per heavy atom. The molecule has 6 heteroatoms. The third-order valence-corrected chi connectivity index (χ3v) is 3.26. The molecule has 1 aromatic rings. The third-order valence-electron chi connectivity index (χ3n) is 2.73. The molecule has 104 valence electrons. The van der Waals surface area contributed by atoms with Crippen molar-refractivity contribution in [1.82, 2.24) is 5.32 Å². The lowest BCUT2D eigenvalue weighted by molar-refractivity contribution is -0.139. The Kier molecular flexibility index (Phi) is 5.98. The zero-order valence-corrected chi connectivity index (χ0v) is 12.2. The van der Waals surface area contributed by atoms with Crippen molar-refractivity contribution >= 4 is 27.8 Å². The molecule has 0 aliphatic rings. The first-order valence-corrected chi connectivity index (χ1v) is 6.76. The molecule has 0 saturated carbocycles. The highest BCUT2D eigenvalue weighted by Crippen LogP contribution is 2.19. The van der Waals surface area contributed by atoms with E-state index in [0.29, 0.717) is 6.42 Å². The van der Waals surface area contributed by atoms with Gasteiger partial charge in [0.25, 0.3) is 0 Å². The van der Waals surface area contributed by atoms with Gasteiger partial charge in [0, 0.05) is 4.47 Å². The lowest BCUT2D eigenvalue weighted by atomic mass is 10.0. The number of nitrogens with two attached hydrogens (primary N) is 1. The van der Waals surface area contributed by atoms with Crippen molar-refractivity contribution in [3.05, 3.63) is 34.3 Å². The zero-order chi connectivity index (χ0) is 14.4. The maximum atomic E-state index is 11.8. The fourth-order valence-corrected chi connectivity index (χ4v) is 1.94. The molecule has 4 N–H and O–H groups in total. The number of amides is 1. The summed E-state index contributed by atoms with van der Waals surface area (Å²) in [5.74, 6) is -1.53. The van der Waals surface area contributed by atoms with Crippen LogP contribution in [0.4, 0.5) is 0 Å². The van der Waals surface area contributed by atoms with Crippen LogP contribution in [0.15, 0.2) is 28.7 Å². The molecule has 0 radical (unpaired) electrons. The molecule has 0 spiro atoms. The number of carboxylic acids is 1. The van der Waals surface area contributed by atoms with Crippen LogP contribution >= 0.6 is 15.9 Å². The van der Waals surface area contributed by atoms with Crippen molar-refractivity contribution in [2.75, 3.05) is 0 Å². The minimum atomic E-state index is -1.08. The Labute approximate surface area is 120 Å². The minimum Gasteiger partial charge on any atom is -0.481 e. The van der Waals surface area contributed by atoms with E-state index >= 15 is 0 Å². The molecule has 0 bridgehead atoms. The van der Waals surface area contributed by atoms with Crippen LogP contribution in [0, 0.1) is 0 Å². The molecule has 0 aromatic heterocycles. The van der Waals surface area contributed by atoms with E-state index in [4.69, 9.17) is 10.8 Å². The fraction of sp³-hybridized carbons (Fsp3) is 0.385. The molecule has 2 unspecified atom stereocenters. The van der Waals surface area contributed by atoms with Crippen molar-refractivity contribution in [3.63, 3.8) is 0 Å². The summed E-state index contributed by atoms with van der Waals surface area (Å²) < 4.78 is 0.958. The Morgan fingerprint density at radius 2 is 1.95 bits per heavy atom. The van der Waals surface area contributed by atoms with Gasteiger partial charge in [-0.1, -0.05) is 35.0 Å². The summed E-state index contributed by atoms with van der Waals surface area (Å²) in [5, 5.41) is 11.4. The second-order valence-electron chi connectivity index (χ2n) is 4.23. The molecule has 0 saturated heterocycles. The standard InChI is InChI=1S/C13H17BrN2O3/c1-2-11(8-3-5-9(14)6-4-8)16-13(19)10(15)7-12(17)18/h3-6,10-11H,2,7,15H2,1H3,(H,16,19)(H,17,18). The molecular formula is C13H17BrN2O3. The molecule has 0 aliphatic heterocycles. The number of carbonyl (C=O) groups excluding carboxylic acids is 1. The van der Waals surface area contributed by atoms with Crippen LogP contribution in [0.1, 0.15) is 31.4 Å². The van der Waals surface area contributed by atoms with Crippen LogP contribution in [0.25, 0.3) is 0 Å². The normalized spacial score (nSPS) is 13.6. The lowest BCUT2D eigenvalue weighted by Crippen LogP contribution is -2.43. The molecule has 0 heterocycles. The number of aliphatic carboxylic acids is 1. The van der Waals surface area contributed by atoms with Gasteiger partial charge >= 0.3 is 5.97 Å². The van der Waals surface area contributed by atoms with Gasteiger partial charge < -0.3 is 16.2 Å². The van der Waals surface area contributed by atoms with Crippen LogP contribution in [-0.2, 0) is 9.59 Å². The first kappa shape index (κ1) is 15.7. The van der Waals surface area contributed by atoms with Crippen LogP contribution in [0.3, 0.4) is 0 Å². The highest BCUT2D eigenvalue weighted by molar-refractivity contribution is 9.10. The molecule has 1 amide bonds. The summed E-state index contributed by atoms with van der Waals surface area (Å²) in [7, 11) is 0. The van der Waals surface area contributed by atoms with E-state index < -0.39 is 17.9 Å². The molecule has 0 aliphatic carbocycles. The first-order valence-electron chi connectivity index (χ1n) is 5.97. The number of nitrogens with one attached hydrogen (secondary N) is 1. The summed E-state index contributed by atoms with van der Waals surface area (Å²) in [5.41, 5.74) is 6.48. The Bertz CT molecular complexity index is 448. The lowest BCUT2D eigenvalue weighted by Gasteiger charge is -2.19. The Morgan fingerprint density at radius 1 is 1.37 bits per heavy atom. The van der Waals surface area contributed by atoms with Gasteiger partial charge in [-0.15, -0.1) is 0 Å². The Balaban J connectivity index is 2.69. The minimum absolute atomic E-state index is 0.166. The van der Waals surface area contributed by atoms with E-state index in [-0.39, 0.29) is 12.5 Å². The largest absolute Gasteiger partial charge is 0.481 e. The fourth-order valence-electron chi connectivity index (χ4n) is 1.68. The number of carboxylic acid groups (broad SMARTS) is 1. The van der Waals surface area contributed by atoms with E-state index in [9.17, 15) is 9.59 Å². The van der Waals surface area contributed by atoms with Crippen LogP contribution in [0.5, 0.6) is 0 Å². The molecule has 19 heavy (non-hydrogen) atoms. The van der Waals surface area contributed by atoms with E-state index in [1.54, 1.807) is 0 Å². The number of benzene rings is 1. The van der Waals surface area contributed by atoms with Crippen molar-refractivity contribution < 1.29 is 14.7 Å². The summed E-state index contributed by atoms with van der Waals surface area (Å²) in [4.78, 5) is 22.3. The van der Waals surface area contributed by atoms with Crippen LogP contribution in [-0.4, -0.2) is 23.0 Å². The number of halogens is 1. The summed E-state index contributed by atoms with van der Waals surface area (Å²) in [6, 6.07) is 6.40. The monoisotopic (exact) mass is 328 g/mol. The van der Waals surface area contributed by atoms with Gasteiger partial charge in [-0.05, 0) is 24.1 Å². The molecule has 0 fully saturated rings. The zero-order valence-electron chi connectivity index (χ0n) is 10.6. The average molecular weight is 329 g/mol. The maximum Gasteiger partial charge on any atom is 0.305 e. The maximum absolute atomic E-state index is 11.8. The number of hydrogen-bond donors (Lipinski definition) is 3. The SMILES string of the molecule is CCC(NC(=O)C(N)CC(=O)O)c1ccc(Br)cc1. The second kappa shape index (κ2) is 7.25. The van der Waals surface area contributed by atoms with E-state index in [1.807, 2.05) is 31.2 Å². The van der Waals surface area contributed by atoms with Crippen molar-refractivity contribution in [3.8, 4) is 0 Å². The number of carbonyl (C=O) groups is 2. The van der Waals surface area contributed by atoms with Crippen LogP contribution < -0.4 is 11.1 Å². The number of hydrogen-bond acceptors (Lipinski definition) is 3. The predicted molar refractivity (Wildman–Crippen MR) is 75.5 cm³/mol. The van der Waals surface area contributed by atoms with Gasteiger partial charge in [0.15, 0.2) is 0 Å². The van der Waals surface area contributed by atoms with E-state index in [0.717, 1.165) is 10.0 Å². The third kappa shape index (κ3) is 5.00. The van der Waals surface area contributed by atoms with E-state index in [1.165, 1.54) is 0 Å². The van der Waals surface area contributed by atoms with Gasteiger partial charge in [0.1, 0.15) is 0 Å². The summed E-state index contributed by atoms with van der Waals surface area (Å²) in [6.45, 7) is 1.94. The highest BCUT2D eigenvalue weighted by atomic mass is 79.9. The van der Waals surface area contributed by atoms with Gasteiger partial charge in [-0.3, -0.25) is 9.59 Å². The van der Waals surface area contributed by atoms with Crippen molar-refractivity contribution in [2.45, 2.75) is 31.8 Å². The quantitative estimate of drug-likeness (QED) is 0.742. The van der Waals surface area contributed by atoms with Crippen molar-refractivity contribution in [1.29, 1.82) is 0 Å². The molecule has 1 aromatic carbocycles. The molecule has 5 nitrogen and oxygen atoms in total. The van der Waals surface area contributed by atoms with Gasteiger partial charge in [-0.2, -0.15) is 0 Å². The van der Waals surface area contributed by atoms with Gasteiger partial charge in [0.05, 0.1) is 18.5 Å². The number of rotatable bonds is 6. The predicted octanol–water partition coefficient (Wildman–Crippen LogP) is 1.82. The second-order valence-corrected chi connectivity index (χ2v) is 5.14. The molecule has 1 rings (SSSR count). The van der Waals surface area contributed by atoms with Gasteiger partial charge in [0.2, 0.25) is 5.91 Å². The topological polar surface area (TPSA) is 92.4 Å². The Hall–Kier alpha value is -1.40. The van der Waals surface area contributed by atoms with Crippen molar-refractivity contribution in [2.24, 2.45) is 5.73 Å². The first-order chi connectivity index (χ1) is 8.93. The summed E-state index contributed by atoms with van der Waals surface area (Å²) >= 11 is 3.35. The average Bonchev–Trinajstić information content (AvgIpc) is 2.36. The van der Waals surface area contributed by atoms with E-state index in [2.05, 4.69) is 21.2 Å². The van der Waals surface area contributed by atoms with Crippen LogP contribution in [0.2, 0.25) is 0 Å². The van der Waals surface area contributed by atoms with Gasteiger partial charge in [-0.25, -0.2) is 0 Å². The summed E-state index contributed by atoms with van der Waals surface area (Å²) in [6.07, 6.45) is 0.329. The highest BCUT2D eigenvalue weighted by Gasteiger charge is 2.20. The smallest absolute Gasteiger partial charge is 0.305 e. The molecular weight excluding hydrogens is 312 g/mol.